The van der Waals surface area contributed by atoms with Crippen molar-refractivity contribution in [3.05, 3.63) is 120 Å². The molecule has 164 valence electrons. The Bertz CT molecular complexity index is 1350. The van der Waals surface area contributed by atoms with Gasteiger partial charge in [-0.1, -0.05) is 66.2 Å². The number of fused-ring (bicyclic) bond motifs is 1. The van der Waals surface area contributed by atoms with E-state index in [0.717, 1.165) is 28.6 Å². The standard InChI is InChI=1S/C28H26N4O/c1-20-7-9-21(10-8-20)13-14-30-27(22-5-3-2-4-6-22)28(33)25-18-31-26-17-23(11-12-24(25)26)32-16-15-29-19-32/h2-12,15-19,27,30-31H,13-14H2,1H3/t27-/m1/s1. The van der Waals surface area contributed by atoms with Gasteiger partial charge in [-0.25, -0.2) is 4.98 Å². The Morgan fingerprint density at radius 2 is 1.88 bits per heavy atom. The van der Waals surface area contributed by atoms with Gasteiger partial charge in [0.05, 0.1) is 12.4 Å². The molecule has 0 saturated heterocycles. The Kier molecular flexibility index (Phi) is 5.87. The highest BCUT2D eigenvalue weighted by molar-refractivity contribution is 6.10. The molecule has 3 aromatic carbocycles. The molecule has 5 aromatic rings. The zero-order valence-corrected chi connectivity index (χ0v) is 18.5. The highest BCUT2D eigenvalue weighted by atomic mass is 16.1. The largest absolute Gasteiger partial charge is 0.360 e. The predicted molar refractivity (Wildman–Crippen MR) is 132 cm³/mol. The summed E-state index contributed by atoms with van der Waals surface area (Å²) in [5, 5.41) is 4.43. The molecule has 0 aliphatic rings. The lowest BCUT2D eigenvalue weighted by atomic mass is 9.96. The van der Waals surface area contributed by atoms with Crippen LogP contribution in [-0.4, -0.2) is 26.9 Å². The first-order valence-electron chi connectivity index (χ1n) is 11.2. The van der Waals surface area contributed by atoms with Gasteiger partial charge in [0.1, 0.15) is 0 Å². The van der Waals surface area contributed by atoms with Crippen molar-refractivity contribution in [3.63, 3.8) is 0 Å². The van der Waals surface area contributed by atoms with Crippen LogP contribution in [0.4, 0.5) is 0 Å². The molecule has 1 atom stereocenters. The quantitative estimate of drug-likeness (QED) is 0.321. The molecular formula is C28H26N4O. The lowest BCUT2D eigenvalue weighted by Gasteiger charge is -2.18. The number of hydrogen-bond donors (Lipinski definition) is 2. The number of hydrogen-bond acceptors (Lipinski definition) is 3. The van der Waals surface area contributed by atoms with Gasteiger partial charge in [0.15, 0.2) is 5.78 Å². The van der Waals surface area contributed by atoms with Crippen LogP contribution >= 0.6 is 0 Å². The summed E-state index contributed by atoms with van der Waals surface area (Å²) in [6.07, 6.45) is 8.10. The van der Waals surface area contributed by atoms with Crippen LogP contribution in [0.2, 0.25) is 0 Å². The molecule has 0 radical (unpaired) electrons. The van der Waals surface area contributed by atoms with Crippen LogP contribution in [0.1, 0.15) is 33.1 Å². The van der Waals surface area contributed by atoms with E-state index in [9.17, 15) is 4.79 Å². The van der Waals surface area contributed by atoms with Crippen LogP contribution in [0, 0.1) is 6.92 Å². The number of aromatic amines is 1. The van der Waals surface area contributed by atoms with E-state index in [1.54, 1.807) is 12.5 Å². The zero-order chi connectivity index (χ0) is 22.6. The van der Waals surface area contributed by atoms with Gasteiger partial charge in [0.2, 0.25) is 0 Å². The third kappa shape index (κ3) is 4.49. The monoisotopic (exact) mass is 434 g/mol. The summed E-state index contributed by atoms with van der Waals surface area (Å²) in [6, 6.07) is 24.1. The number of imidazole rings is 1. The van der Waals surface area contributed by atoms with Crippen molar-refractivity contribution in [1.29, 1.82) is 0 Å². The first-order valence-corrected chi connectivity index (χ1v) is 11.2. The molecule has 5 nitrogen and oxygen atoms in total. The first kappa shape index (κ1) is 20.9. The van der Waals surface area contributed by atoms with E-state index in [4.69, 9.17) is 0 Å². The number of aryl methyl sites for hydroxylation is 1. The smallest absolute Gasteiger partial charge is 0.186 e. The molecule has 33 heavy (non-hydrogen) atoms. The van der Waals surface area contributed by atoms with Crippen molar-refractivity contribution in [2.75, 3.05) is 6.54 Å². The van der Waals surface area contributed by atoms with E-state index in [-0.39, 0.29) is 5.78 Å². The number of ketones is 1. The van der Waals surface area contributed by atoms with E-state index < -0.39 is 6.04 Å². The second-order valence-corrected chi connectivity index (χ2v) is 8.30. The molecule has 5 rings (SSSR count). The maximum atomic E-state index is 13.7. The number of nitrogens with zero attached hydrogens (tertiary/aromatic N) is 2. The molecule has 0 bridgehead atoms. The van der Waals surface area contributed by atoms with Gasteiger partial charge in [0.25, 0.3) is 0 Å². The summed E-state index contributed by atoms with van der Waals surface area (Å²) in [4.78, 5) is 21.1. The van der Waals surface area contributed by atoms with E-state index in [1.165, 1.54) is 11.1 Å². The number of nitrogens with one attached hydrogen (secondary N) is 2. The Morgan fingerprint density at radius 3 is 2.64 bits per heavy atom. The fourth-order valence-electron chi connectivity index (χ4n) is 4.17. The van der Waals surface area contributed by atoms with Crippen molar-refractivity contribution in [2.45, 2.75) is 19.4 Å². The molecule has 0 amide bonds. The second-order valence-electron chi connectivity index (χ2n) is 8.30. The van der Waals surface area contributed by atoms with Gasteiger partial charge in [-0.05, 0) is 36.6 Å². The lowest BCUT2D eigenvalue weighted by molar-refractivity contribution is 0.0945. The minimum atomic E-state index is -0.413. The number of H-pyrrole nitrogens is 1. The summed E-state index contributed by atoms with van der Waals surface area (Å²) in [5.74, 6) is 0.0618. The summed E-state index contributed by atoms with van der Waals surface area (Å²) in [6.45, 7) is 2.80. The molecule has 2 aromatic heterocycles. The number of rotatable bonds is 8. The van der Waals surface area contributed by atoms with Crippen LogP contribution in [0.3, 0.4) is 0 Å². The van der Waals surface area contributed by atoms with Crippen LogP contribution in [0.5, 0.6) is 0 Å². The third-order valence-corrected chi connectivity index (χ3v) is 6.01. The van der Waals surface area contributed by atoms with E-state index in [1.807, 2.05) is 65.5 Å². The van der Waals surface area contributed by atoms with Gasteiger partial charge >= 0.3 is 0 Å². The van der Waals surface area contributed by atoms with Crippen molar-refractivity contribution in [1.82, 2.24) is 19.9 Å². The number of aromatic nitrogens is 3. The fraction of sp³-hybridized carbons (Fsp3) is 0.143. The maximum Gasteiger partial charge on any atom is 0.186 e. The average molecular weight is 435 g/mol. The molecule has 0 unspecified atom stereocenters. The number of carbonyl (C=O) groups is 1. The molecule has 0 aliphatic heterocycles. The van der Waals surface area contributed by atoms with E-state index in [2.05, 4.69) is 46.5 Å². The third-order valence-electron chi connectivity index (χ3n) is 6.01. The topological polar surface area (TPSA) is 62.7 Å². The number of Topliss-reactive ketones (excluding diaryl/α,β-unsaturated/α-hetero) is 1. The Morgan fingerprint density at radius 1 is 1.06 bits per heavy atom. The van der Waals surface area contributed by atoms with Crippen molar-refractivity contribution in [3.8, 4) is 5.69 Å². The molecule has 0 aliphatic carbocycles. The lowest BCUT2D eigenvalue weighted by Crippen LogP contribution is -2.30. The molecule has 5 heteroatoms. The van der Waals surface area contributed by atoms with E-state index >= 15 is 0 Å². The predicted octanol–water partition coefficient (Wildman–Crippen LogP) is 5.42. The molecule has 0 saturated carbocycles. The SMILES string of the molecule is Cc1ccc(CCN[C@@H](C(=O)c2c[nH]c3cc(-n4ccnc4)ccc23)c2ccccc2)cc1. The van der Waals surface area contributed by atoms with Crippen molar-refractivity contribution < 1.29 is 4.79 Å². The fourth-order valence-corrected chi connectivity index (χ4v) is 4.17. The molecular weight excluding hydrogens is 408 g/mol. The van der Waals surface area contributed by atoms with Gasteiger partial charge < -0.3 is 14.9 Å². The minimum absolute atomic E-state index is 0.0618. The Labute approximate surface area is 193 Å². The van der Waals surface area contributed by atoms with Gasteiger partial charge in [-0.15, -0.1) is 0 Å². The Balaban J connectivity index is 1.40. The molecule has 0 fully saturated rings. The molecule has 2 heterocycles. The summed E-state index contributed by atoms with van der Waals surface area (Å²) in [7, 11) is 0. The summed E-state index contributed by atoms with van der Waals surface area (Å²) >= 11 is 0. The normalized spacial score (nSPS) is 12.2. The zero-order valence-electron chi connectivity index (χ0n) is 18.5. The van der Waals surface area contributed by atoms with Crippen LogP contribution in [0.25, 0.3) is 16.6 Å². The first-order chi connectivity index (χ1) is 16.2. The van der Waals surface area contributed by atoms with Gasteiger partial charge in [0, 0.05) is 47.3 Å². The highest BCUT2D eigenvalue weighted by Gasteiger charge is 2.24. The van der Waals surface area contributed by atoms with Crippen LogP contribution in [0.15, 0.2) is 97.7 Å². The molecule has 0 spiro atoms. The highest BCUT2D eigenvalue weighted by Crippen LogP contribution is 2.26. The Hall–Kier alpha value is -3.96. The van der Waals surface area contributed by atoms with E-state index in [0.29, 0.717) is 12.1 Å². The average Bonchev–Trinajstić information content (AvgIpc) is 3.53. The maximum absolute atomic E-state index is 13.7. The molecule has 2 N–H and O–H groups in total. The number of carbonyl (C=O) groups excluding carboxylic acids is 1. The second kappa shape index (κ2) is 9.27. The number of benzene rings is 3. The van der Waals surface area contributed by atoms with Crippen LogP contribution in [-0.2, 0) is 6.42 Å². The minimum Gasteiger partial charge on any atom is -0.360 e. The summed E-state index contributed by atoms with van der Waals surface area (Å²) in [5.41, 5.74) is 6.09. The summed E-state index contributed by atoms with van der Waals surface area (Å²) < 4.78 is 1.95. The van der Waals surface area contributed by atoms with Crippen molar-refractivity contribution in [2.24, 2.45) is 0 Å². The van der Waals surface area contributed by atoms with Crippen LogP contribution < -0.4 is 5.32 Å². The van der Waals surface area contributed by atoms with Crippen molar-refractivity contribution >= 4 is 16.7 Å². The van der Waals surface area contributed by atoms with Gasteiger partial charge in [-0.3, -0.25) is 4.79 Å². The van der Waals surface area contributed by atoms with Gasteiger partial charge in [-0.2, -0.15) is 0 Å².